The summed E-state index contributed by atoms with van der Waals surface area (Å²) in [5.74, 6) is -0.733. The molecule has 1 aliphatic rings. The number of carbonyl (C=O) groups excluding carboxylic acids is 2. The minimum atomic E-state index is -0.542. The van der Waals surface area contributed by atoms with E-state index >= 15 is 0 Å². The number of methoxy groups -OCH3 is 1. The van der Waals surface area contributed by atoms with Crippen molar-refractivity contribution in [1.82, 2.24) is 4.90 Å². The van der Waals surface area contributed by atoms with Crippen LogP contribution < -0.4 is 0 Å². The van der Waals surface area contributed by atoms with Crippen molar-refractivity contribution in [1.29, 1.82) is 0 Å². The molecule has 1 saturated heterocycles. The van der Waals surface area contributed by atoms with Crippen LogP contribution in [0.25, 0.3) is 0 Å². The fourth-order valence-corrected chi connectivity index (χ4v) is 2.78. The Bertz CT molecular complexity index is 390. The number of carbonyl (C=O) groups is 2. The second-order valence-electron chi connectivity index (χ2n) is 6.62. The largest absolute Gasteiger partial charge is 0.466 e. The van der Waals surface area contributed by atoms with Crippen molar-refractivity contribution in [3.8, 4) is 0 Å². The molecule has 0 radical (unpaired) electrons. The summed E-state index contributed by atoms with van der Waals surface area (Å²) in [6.07, 6.45) is 0.919. The van der Waals surface area contributed by atoms with Gasteiger partial charge in [-0.15, -0.1) is 0 Å². The minimum absolute atomic E-state index is 0.167. The standard InChI is InChI=1S/C16H29NO5/c1-7-21-14(18)11(2)13(20-6)12-9-8-10-17(12)15(19)22-16(3,4)5/h11-13H,7-10H2,1-6H3/t11-,12+,13-/m1/s1. The lowest BCUT2D eigenvalue weighted by atomic mass is 9.96. The van der Waals surface area contributed by atoms with Crippen molar-refractivity contribution in [2.24, 2.45) is 5.92 Å². The van der Waals surface area contributed by atoms with Crippen LogP contribution in [-0.4, -0.2) is 55.0 Å². The lowest BCUT2D eigenvalue weighted by molar-refractivity contribution is -0.154. The predicted octanol–water partition coefficient (Wildman–Crippen LogP) is 2.60. The molecule has 0 aliphatic carbocycles. The quantitative estimate of drug-likeness (QED) is 0.730. The molecule has 6 heteroatoms. The summed E-state index contributed by atoms with van der Waals surface area (Å²) in [4.78, 5) is 26.0. The van der Waals surface area contributed by atoms with Gasteiger partial charge in [0.25, 0.3) is 0 Å². The average Bonchev–Trinajstić information content (AvgIpc) is 2.87. The molecule has 1 heterocycles. The number of hydrogen-bond donors (Lipinski definition) is 0. The van der Waals surface area contributed by atoms with Gasteiger partial charge in [0.05, 0.1) is 24.7 Å². The van der Waals surface area contributed by atoms with Crippen molar-refractivity contribution in [2.75, 3.05) is 20.3 Å². The summed E-state index contributed by atoms with van der Waals surface area (Å²) < 4.78 is 16.0. The van der Waals surface area contributed by atoms with E-state index in [9.17, 15) is 9.59 Å². The summed E-state index contributed by atoms with van der Waals surface area (Å²) >= 11 is 0. The van der Waals surface area contributed by atoms with Gasteiger partial charge in [0, 0.05) is 13.7 Å². The summed E-state index contributed by atoms with van der Waals surface area (Å²) in [5.41, 5.74) is -0.542. The second-order valence-corrected chi connectivity index (χ2v) is 6.62. The smallest absolute Gasteiger partial charge is 0.410 e. The molecule has 0 N–H and O–H groups in total. The number of ether oxygens (including phenoxy) is 3. The Morgan fingerprint density at radius 2 is 1.95 bits per heavy atom. The zero-order chi connectivity index (χ0) is 16.9. The van der Waals surface area contributed by atoms with Crippen molar-refractivity contribution in [3.63, 3.8) is 0 Å². The summed E-state index contributed by atoms with van der Waals surface area (Å²) in [7, 11) is 1.56. The molecule has 22 heavy (non-hydrogen) atoms. The van der Waals surface area contributed by atoms with Crippen LogP contribution in [0.5, 0.6) is 0 Å². The van der Waals surface area contributed by atoms with E-state index < -0.39 is 17.6 Å². The van der Waals surface area contributed by atoms with Gasteiger partial charge in [0.2, 0.25) is 0 Å². The van der Waals surface area contributed by atoms with E-state index in [1.165, 1.54) is 0 Å². The van der Waals surface area contributed by atoms with Crippen LogP contribution in [0.1, 0.15) is 47.5 Å². The first-order chi connectivity index (χ1) is 10.2. The van der Waals surface area contributed by atoms with Crippen molar-refractivity contribution < 1.29 is 23.8 Å². The highest BCUT2D eigenvalue weighted by Gasteiger charge is 2.41. The Labute approximate surface area is 133 Å². The molecule has 1 aliphatic heterocycles. The second kappa shape index (κ2) is 7.81. The van der Waals surface area contributed by atoms with Gasteiger partial charge in [-0.1, -0.05) is 0 Å². The number of amides is 1. The van der Waals surface area contributed by atoms with E-state index in [-0.39, 0.29) is 18.1 Å². The monoisotopic (exact) mass is 315 g/mol. The van der Waals surface area contributed by atoms with E-state index in [2.05, 4.69) is 0 Å². The molecule has 0 spiro atoms. The van der Waals surface area contributed by atoms with Gasteiger partial charge in [0.1, 0.15) is 5.60 Å². The SMILES string of the molecule is CCOC(=O)[C@H](C)[C@@H](OC)[C@@H]1CCCN1C(=O)OC(C)(C)C. The van der Waals surface area contributed by atoms with Crippen LogP contribution in [0, 0.1) is 5.92 Å². The Hall–Kier alpha value is -1.30. The van der Waals surface area contributed by atoms with E-state index in [0.717, 1.165) is 12.8 Å². The van der Waals surface area contributed by atoms with E-state index in [0.29, 0.717) is 13.2 Å². The van der Waals surface area contributed by atoms with Crippen molar-refractivity contribution >= 4 is 12.1 Å². The fourth-order valence-electron chi connectivity index (χ4n) is 2.78. The highest BCUT2D eigenvalue weighted by molar-refractivity contribution is 5.73. The molecule has 128 valence electrons. The maximum atomic E-state index is 12.3. The Morgan fingerprint density at radius 3 is 2.45 bits per heavy atom. The molecule has 3 atom stereocenters. The van der Waals surface area contributed by atoms with Crippen molar-refractivity contribution in [2.45, 2.75) is 65.2 Å². The zero-order valence-electron chi connectivity index (χ0n) is 14.5. The first-order valence-corrected chi connectivity index (χ1v) is 7.90. The average molecular weight is 315 g/mol. The molecule has 0 unspecified atom stereocenters. The van der Waals surface area contributed by atoms with Gasteiger partial charge in [-0.2, -0.15) is 0 Å². The molecule has 1 fully saturated rings. The summed E-state index contributed by atoms with van der Waals surface area (Å²) in [6, 6.07) is -0.167. The first-order valence-electron chi connectivity index (χ1n) is 7.90. The van der Waals surface area contributed by atoms with Gasteiger partial charge in [-0.3, -0.25) is 4.79 Å². The van der Waals surface area contributed by atoms with Crippen LogP contribution in [0.4, 0.5) is 4.79 Å². The molecule has 1 amide bonds. The minimum Gasteiger partial charge on any atom is -0.466 e. The highest BCUT2D eigenvalue weighted by atomic mass is 16.6. The fraction of sp³-hybridized carbons (Fsp3) is 0.875. The number of nitrogens with zero attached hydrogens (tertiary/aromatic N) is 1. The predicted molar refractivity (Wildman–Crippen MR) is 82.6 cm³/mol. The van der Waals surface area contributed by atoms with Crippen LogP contribution >= 0.6 is 0 Å². The molecule has 1 rings (SSSR count). The summed E-state index contributed by atoms with van der Waals surface area (Å²) in [5, 5.41) is 0. The molecule has 0 aromatic rings. The maximum absolute atomic E-state index is 12.3. The molecule has 0 saturated carbocycles. The molecular weight excluding hydrogens is 286 g/mol. The molecule has 0 aromatic heterocycles. The number of rotatable bonds is 5. The lowest BCUT2D eigenvalue weighted by Gasteiger charge is -2.34. The van der Waals surface area contributed by atoms with Gasteiger partial charge in [-0.25, -0.2) is 4.79 Å². The molecule has 0 aromatic carbocycles. The van der Waals surface area contributed by atoms with E-state index in [1.54, 1.807) is 25.9 Å². The highest BCUT2D eigenvalue weighted by Crippen LogP contribution is 2.28. The van der Waals surface area contributed by atoms with Crippen molar-refractivity contribution in [3.05, 3.63) is 0 Å². The number of likely N-dealkylation sites (tertiary alicyclic amines) is 1. The normalized spacial score (nSPS) is 21.4. The maximum Gasteiger partial charge on any atom is 0.410 e. The van der Waals surface area contributed by atoms with Crippen LogP contribution in [-0.2, 0) is 19.0 Å². The lowest BCUT2D eigenvalue weighted by Crippen LogP contribution is -2.49. The zero-order valence-corrected chi connectivity index (χ0v) is 14.5. The third-order valence-electron chi connectivity index (χ3n) is 3.73. The Balaban J connectivity index is 2.82. The van der Waals surface area contributed by atoms with Crippen LogP contribution in [0.15, 0.2) is 0 Å². The molecule has 6 nitrogen and oxygen atoms in total. The van der Waals surface area contributed by atoms with Crippen LogP contribution in [0.2, 0.25) is 0 Å². The Morgan fingerprint density at radius 1 is 1.32 bits per heavy atom. The van der Waals surface area contributed by atoms with Gasteiger partial charge in [-0.05, 0) is 47.5 Å². The van der Waals surface area contributed by atoms with Gasteiger partial charge >= 0.3 is 12.1 Å². The number of esters is 1. The Kier molecular flexibility index (Phi) is 6.66. The molecule has 0 bridgehead atoms. The summed E-state index contributed by atoms with van der Waals surface area (Å²) in [6.45, 7) is 10.0. The van der Waals surface area contributed by atoms with Gasteiger partial charge < -0.3 is 19.1 Å². The third-order valence-corrected chi connectivity index (χ3v) is 3.73. The van der Waals surface area contributed by atoms with E-state index in [1.807, 2.05) is 20.8 Å². The van der Waals surface area contributed by atoms with E-state index in [4.69, 9.17) is 14.2 Å². The topological polar surface area (TPSA) is 65.1 Å². The number of hydrogen-bond acceptors (Lipinski definition) is 5. The first kappa shape index (κ1) is 18.7. The van der Waals surface area contributed by atoms with Gasteiger partial charge in [0.15, 0.2) is 0 Å². The third kappa shape index (κ3) is 4.87. The molecular formula is C16H29NO5. The van der Waals surface area contributed by atoms with Crippen LogP contribution in [0.3, 0.4) is 0 Å².